The number of carbonyl (C=O) groups excluding carboxylic acids is 1. The van der Waals surface area contributed by atoms with Gasteiger partial charge in [0.1, 0.15) is 6.10 Å². The van der Waals surface area contributed by atoms with Gasteiger partial charge in [0.25, 0.3) is 0 Å². The van der Waals surface area contributed by atoms with Crippen LogP contribution in [0.1, 0.15) is 96.8 Å². The van der Waals surface area contributed by atoms with Crippen LogP contribution in [0.5, 0.6) is 0 Å². The van der Waals surface area contributed by atoms with Gasteiger partial charge in [-0.2, -0.15) is 0 Å². The monoisotopic (exact) mass is 294 g/mol. The molecule has 0 bridgehead atoms. The minimum atomic E-state index is 0.0484. The first kappa shape index (κ1) is 16.8. The Kier molecular flexibility index (Phi) is 7.60. The van der Waals surface area contributed by atoms with Gasteiger partial charge in [0.15, 0.2) is 0 Å². The molecule has 2 rings (SSSR count). The van der Waals surface area contributed by atoms with E-state index in [1.165, 1.54) is 64.2 Å². The van der Waals surface area contributed by atoms with Crippen LogP contribution in [-0.2, 0) is 9.53 Å². The summed E-state index contributed by atoms with van der Waals surface area (Å²) in [5, 5.41) is 0. The second-order valence-corrected chi connectivity index (χ2v) is 7.24. The third-order valence-corrected chi connectivity index (χ3v) is 5.57. The lowest BCUT2D eigenvalue weighted by molar-refractivity contribution is -0.151. The molecule has 0 aliphatic heterocycles. The summed E-state index contributed by atoms with van der Waals surface area (Å²) in [6, 6.07) is 0. The van der Waals surface area contributed by atoms with Crippen molar-refractivity contribution >= 4 is 5.97 Å². The molecule has 0 aromatic heterocycles. The summed E-state index contributed by atoms with van der Waals surface area (Å²) < 4.78 is 5.67. The van der Waals surface area contributed by atoms with Gasteiger partial charge in [-0.1, -0.05) is 58.3 Å². The van der Waals surface area contributed by atoms with Crippen LogP contribution >= 0.6 is 0 Å². The smallest absolute Gasteiger partial charge is 0.306 e. The van der Waals surface area contributed by atoms with E-state index in [0.717, 1.165) is 31.1 Å². The maximum atomic E-state index is 11.8. The number of esters is 1. The Hall–Kier alpha value is -0.530. The first-order valence-corrected chi connectivity index (χ1v) is 9.49. The van der Waals surface area contributed by atoms with Crippen LogP contribution in [0.2, 0.25) is 0 Å². The van der Waals surface area contributed by atoms with Crippen molar-refractivity contribution < 1.29 is 9.53 Å². The molecule has 0 aromatic rings. The molecule has 0 unspecified atom stereocenters. The van der Waals surface area contributed by atoms with E-state index in [9.17, 15) is 4.79 Å². The van der Waals surface area contributed by atoms with Gasteiger partial charge in [-0.05, 0) is 43.9 Å². The molecule has 0 aromatic carbocycles. The number of ether oxygens (including phenoxy) is 1. The molecule has 0 heterocycles. The molecule has 2 nitrogen and oxygen atoms in total. The minimum Gasteiger partial charge on any atom is -0.462 e. The third-order valence-electron chi connectivity index (χ3n) is 5.57. The van der Waals surface area contributed by atoms with Gasteiger partial charge >= 0.3 is 5.97 Å². The fourth-order valence-corrected chi connectivity index (χ4v) is 4.22. The zero-order valence-electron chi connectivity index (χ0n) is 13.9. The van der Waals surface area contributed by atoms with Gasteiger partial charge in [-0.3, -0.25) is 4.79 Å². The lowest BCUT2D eigenvalue weighted by Crippen LogP contribution is -2.28. The van der Waals surface area contributed by atoms with Crippen LogP contribution in [0, 0.1) is 11.8 Å². The third kappa shape index (κ3) is 6.00. The molecule has 2 heteroatoms. The highest BCUT2D eigenvalue weighted by Crippen LogP contribution is 2.38. The molecule has 21 heavy (non-hydrogen) atoms. The minimum absolute atomic E-state index is 0.0484. The fraction of sp³-hybridized carbons (Fsp3) is 0.947. The normalized spacial score (nSPS) is 27.5. The largest absolute Gasteiger partial charge is 0.462 e. The standard InChI is InChI=1S/C19H34O2/c1-2-3-4-8-11-19(20)21-18-14-12-17(13-15-18)16-9-6-5-7-10-16/h16-18H,2-15H2,1H3/t17-,18-. The molecular weight excluding hydrogens is 260 g/mol. The highest BCUT2D eigenvalue weighted by Gasteiger charge is 2.29. The molecule has 0 spiro atoms. The molecule has 2 aliphatic carbocycles. The van der Waals surface area contributed by atoms with E-state index in [1.54, 1.807) is 0 Å². The van der Waals surface area contributed by atoms with Gasteiger partial charge < -0.3 is 4.74 Å². The Bertz CT molecular complexity index is 286. The van der Waals surface area contributed by atoms with Crippen LogP contribution in [-0.4, -0.2) is 12.1 Å². The molecular formula is C19H34O2. The topological polar surface area (TPSA) is 26.3 Å². The molecule has 0 saturated heterocycles. The van der Waals surface area contributed by atoms with Crippen molar-refractivity contribution in [1.82, 2.24) is 0 Å². The number of hydrogen-bond donors (Lipinski definition) is 0. The molecule has 0 N–H and O–H groups in total. The van der Waals surface area contributed by atoms with Crippen LogP contribution < -0.4 is 0 Å². The number of hydrogen-bond acceptors (Lipinski definition) is 2. The zero-order valence-corrected chi connectivity index (χ0v) is 13.9. The van der Waals surface area contributed by atoms with E-state index in [2.05, 4.69) is 6.92 Å². The van der Waals surface area contributed by atoms with Gasteiger partial charge in [0.05, 0.1) is 0 Å². The summed E-state index contributed by atoms with van der Waals surface area (Å²) in [7, 11) is 0. The summed E-state index contributed by atoms with van der Waals surface area (Å²) in [5.74, 6) is 1.95. The molecule has 0 amide bonds. The van der Waals surface area contributed by atoms with Crippen molar-refractivity contribution in [3.05, 3.63) is 0 Å². The summed E-state index contributed by atoms with van der Waals surface area (Å²) in [5.41, 5.74) is 0. The fourth-order valence-electron chi connectivity index (χ4n) is 4.22. The Balaban J connectivity index is 1.58. The van der Waals surface area contributed by atoms with Crippen molar-refractivity contribution in [2.75, 3.05) is 0 Å². The van der Waals surface area contributed by atoms with Gasteiger partial charge in [0.2, 0.25) is 0 Å². The Morgan fingerprint density at radius 3 is 2.19 bits per heavy atom. The van der Waals surface area contributed by atoms with Gasteiger partial charge in [0, 0.05) is 6.42 Å². The van der Waals surface area contributed by atoms with E-state index in [-0.39, 0.29) is 12.1 Å². The van der Waals surface area contributed by atoms with Crippen LogP contribution in [0.4, 0.5) is 0 Å². The first-order valence-electron chi connectivity index (χ1n) is 9.49. The zero-order chi connectivity index (χ0) is 14.9. The molecule has 2 saturated carbocycles. The predicted molar refractivity (Wildman–Crippen MR) is 87.2 cm³/mol. The predicted octanol–water partition coefficient (Wildman–Crippen LogP) is 5.64. The lowest BCUT2D eigenvalue weighted by Gasteiger charge is -2.35. The SMILES string of the molecule is CCCCCCC(=O)O[C@H]1CC[C@H](C2CCCCC2)CC1. The first-order chi connectivity index (χ1) is 10.3. The van der Waals surface area contributed by atoms with E-state index in [1.807, 2.05) is 0 Å². The van der Waals surface area contributed by atoms with Gasteiger partial charge in [-0.15, -0.1) is 0 Å². The number of carbonyl (C=O) groups is 1. The van der Waals surface area contributed by atoms with E-state index in [0.29, 0.717) is 6.42 Å². The summed E-state index contributed by atoms with van der Waals surface area (Å²) in [4.78, 5) is 11.8. The molecule has 2 fully saturated rings. The Morgan fingerprint density at radius 1 is 0.857 bits per heavy atom. The van der Waals surface area contributed by atoms with Crippen molar-refractivity contribution in [1.29, 1.82) is 0 Å². The highest BCUT2D eigenvalue weighted by atomic mass is 16.5. The van der Waals surface area contributed by atoms with Crippen LogP contribution in [0.25, 0.3) is 0 Å². The van der Waals surface area contributed by atoms with E-state index >= 15 is 0 Å². The Labute approximate surface area is 131 Å². The maximum absolute atomic E-state index is 11.8. The molecule has 122 valence electrons. The number of rotatable bonds is 7. The van der Waals surface area contributed by atoms with Crippen molar-refractivity contribution in [3.8, 4) is 0 Å². The second kappa shape index (κ2) is 9.48. The van der Waals surface area contributed by atoms with Crippen molar-refractivity contribution in [2.24, 2.45) is 11.8 Å². The van der Waals surface area contributed by atoms with E-state index < -0.39 is 0 Å². The molecule has 0 radical (unpaired) electrons. The quantitative estimate of drug-likeness (QED) is 0.448. The lowest BCUT2D eigenvalue weighted by atomic mass is 9.73. The highest BCUT2D eigenvalue weighted by molar-refractivity contribution is 5.69. The second-order valence-electron chi connectivity index (χ2n) is 7.24. The van der Waals surface area contributed by atoms with E-state index in [4.69, 9.17) is 4.74 Å². The number of unbranched alkanes of at least 4 members (excludes halogenated alkanes) is 3. The summed E-state index contributed by atoms with van der Waals surface area (Å²) >= 11 is 0. The van der Waals surface area contributed by atoms with Crippen LogP contribution in [0.15, 0.2) is 0 Å². The maximum Gasteiger partial charge on any atom is 0.306 e. The Morgan fingerprint density at radius 2 is 1.52 bits per heavy atom. The van der Waals surface area contributed by atoms with Crippen molar-refractivity contribution in [2.45, 2.75) is 103 Å². The van der Waals surface area contributed by atoms with Crippen molar-refractivity contribution in [3.63, 3.8) is 0 Å². The van der Waals surface area contributed by atoms with Crippen LogP contribution in [0.3, 0.4) is 0 Å². The molecule has 0 atom stereocenters. The average Bonchev–Trinajstić information content (AvgIpc) is 2.53. The van der Waals surface area contributed by atoms with Gasteiger partial charge in [-0.25, -0.2) is 0 Å². The molecule has 2 aliphatic rings. The summed E-state index contributed by atoms with van der Waals surface area (Å²) in [6.07, 6.45) is 17.5. The summed E-state index contributed by atoms with van der Waals surface area (Å²) in [6.45, 7) is 2.20. The average molecular weight is 294 g/mol.